The molecule has 2 amide bonds. The standard InChI is InChI=1S/C28H30BrClN2O3/c1-20(2)17-31-28(34)25(16-21-9-4-3-5-10-21)32(18-22-11-8-12-23(29)15-22)27(33)19-35-26-14-7-6-13-24(26)30/h3-15,20,25H,16-19H2,1-2H3,(H,31,34)/t25-/m1/s1. The Morgan fingerprint density at radius 1 is 0.971 bits per heavy atom. The first-order valence-electron chi connectivity index (χ1n) is 11.6. The van der Waals surface area contributed by atoms with Crippen molar-refractivity contribution < 1.29 is 14.3 Å². The summed E-state index contributed by atoms with van der Waals surface area (Å²) in [6, 6.07) is 23.7. The predicted octanol–water partition coefficient (Wildman–Crippen LogP) is 5.89. The maximum atomic E-state index is 13.6. The molecule has 0 unspecified atom stereocenters. The summed E-state index contributed by atoms with van der Waals surface area (Å²) >= 11 is 9.70. The molecule has 184 valence electrons. The lowest BCUT2D eigenvalue weighted by molar-refractivity contribution is -0.142. The lowest BCUT2D eigenvalue weighted by Gasteiger charge is -2.31. The molecule has 0 fully saturated rings. The van der Waals surface area contributed by atoms with Crippen LogP contribution in [0.3, 0.4) is 0 Å². The molecule has 3 aromatic rings. The van der Waals surface area contributed by atoms with Crippen LogP contribution in [0, 0.1) is 5.92 Å². The van der Waals surface area contributed by atoms with Gasteiger partial charge in [0.05, 0.1) is 5.02 Å². The summed E-state index contributed by atoms with van der Waals surface area (Å²) in [5.41, 5.74) is 1.87. The van der Waals surface area contributed by atoms with Gasteiger partial charge in [-0.05, 0) is 41.3 Å². The summed E-state index contributed by atoms with van der Waals surface area (Å²) in [5, 5.41) is 3.44. The van der Waals surface area contributed by atoms with Crippen molar-refractivity contribution in [2.45, 2.75) is 32.9 Å². The van der Waals surface area contributed by atoms with E-state index in [9.17, 15) is 9.59 Å². The molecule has 0 aromatic heterocycles. The second kappa shape index (κ2) is 13.3. The van der Waals surface area contributed by atoms with Gasteiger partial charge in [-0.15, -0.1) is 0 Å². The Labute approximate surface area is 220 Å². The molecular weight excluding hydrogens is 528 g/mol. The Morgan fingerprint density at radius 2 is 1.66 bits per heavy atom. The molecule has 35 heavy (non-hydrogen) atoms. The third kappa shape index (κ3) is 8.41. The molecule has 0 saturated carbocycles. The van der Waals surface area contributed by atoms with Crippen LogP contribution in [0.1, 0.15) is 25.0 Å². The number of ether oxygens (including phenoxy) is 1. The van der Waals surface area contributed by atoms with Crippen LogP contribution in [0.15, 0.2) is 83.3 Å². The summed E-state index contributed by atoms with van der Waals surface area (Å²) in [7, 11) is 0. The maximum absolute atomic E-state index is 13.6. The smallest absolute Gasteiger partial charge is 0.261 e. The number of amides is 2. The van der Waals surface area contributed by atoms with Gasteiger partial charge in [-0.2, -0.15) is 0 Å². The summed E-state index contributed by atoms with van der Waals surface area (Å²) in [6.07, 6.45) is 0.386. The molecule has 0 spiro atoms. The van der Waals surface area contributed by atoms with Gasteiger partial charge in [-0.3, -0.25) is 9.59 Å². The summed E-state index contributed by atoms with van der Waals surface area (Å²) < 4.78 is 6.66. The van der Waals surface area contributed by atoms with Gasteiger partial charge in [0, 0.05) is 24.0 Å². The Balaban J connectivity index is 1.91. The van der Waals surface area contributed by atoms with Crippen LogP contribution in [-0.4, -0.2) is 35.9 Å². The topological polar surface area (TPSA) is 58.6 Å². The van der Waals surface area contributed by atoms with Crippen LogP contribution in [0.4, 0.5) is 0 Å². The number of halogens is 2. The molecule has 7 heteroatoms. The lowest BCUT2D eigenvalue weighted by Crippen LogP contribution is -2.52. The highest BCUT2D eigenvalue weighted by atomic mass is 79.9. The highest BCUT2D eigenvalue weighted by molar-refractivity contribution is 9.10. The monoisotopic (exact) mass is 556 g/mol. The molecule has 0 radical (unpaired) electrons. The number of para-hydroxylation sites is 1. The van der Waals surface area contributed by atoms with E-state index in [1.165, 1.54) is 0 Å². The normalized spacial score (nSPS) is 11.7. The van der Waals surface area contributed by atoms with Gasteiger partial charge in [0.15, 0.2) is 6.61 Å². The fourth-order valence-electron chi connectivity index (χ4n) is 3.59. The van der Waals surface area contributed by atoms with Crippen molar-refractivity contribution in [3.63, 3.8) is 0 Å². The molecule has 0 aliphatic carbocycles. The highest BCUT2D eigenvalue weighted by Crippen LogP contribution is 2.24. The molecule has 0 saturated heterocycles. The highest BCUT2D eigenvalue weighted by Gasteiger charge is 2.31. The van der Waals surface area contributed by atoms with E-state index in [4.69, 9.17) is 16.3 Å². The van der Waals surface area contributed by atoms with E-state index in [-0.39, 0.29) is 30.9 Å². The summed E-state index contributed by atoms with van der Waals surface area (Å²) in [5.74, 6) is 0.220. The predicted molar refractivity (Wildman–Crippen MR) is 143 cm³/mol. The minimum atomic E-state index is -0.711. The number of carbonyl (C=O) groups is 2. The van der Waals surface area contributed by atoms with Crippen LogP contribution in [0.5, 0.6) is 5.75 Å². The first kappa shape index (κ1) is 26.8. The van der Waals surface area contributed by atoms with E-state index >= 15 is 0 Å². The fourth-order valence-corrected chi connectivity index (χ4v) is 4.23. The van der Waals surface area contributed by atoms with Crippen molar-refractivity contribution in [1.29, 1.82) is 0 Å². The number of benzene rings is 3. The molecule has 1 atom stereocenters. The first-order valence-corrected chi connectivity index (χ1v) is 12.7. The van der Waals surface area contributed by atoms with Crippen molar-refractivity contribution in [2.75, 3.05) is 13.2 Å². The molecule has 3 aromatic carbocycles. The van der Waals surface area contributed by atoms with E-state index in [1.54, 1.807) is 29.2 Å². The van der Waals surface area contributed by atoms with Gasteiger partial charge in [0.25, 0.3) is 5.91 Å². The van der Waals surface area contributed by atoms with E-state index in [2.05, 4.69) is 21.2 Å². The van der Waals surface area contributed by atoms with Gasteiger partial charge in [0.2, 0.25) is 5.91 Å². The van der Waals surface area contributed by atoms with Crippen molar-refractivity contribution >= 4 is 39.3 Å². The second-order valence-electron chi connectivity index (χ2n) is 8.72. The zero-order chi connectivity index (χ0) is 25.2. The van der Waals surface area contributed by atoms with Crippen LogP contribution in [0.25, 0.3) is 0 Å². The number of rotatable bonds is 11. The number of nitrogens with one attached hydrogen (secondary N) is 1. The minimum absolute atomic E-state index is 0.191. The molecule has 5 nitrogen and oxygen atoms in total. The zero-order valence-corrected chi connectivity index (χ0v) is 22.3. The largest absolute Gasteiger partial charge is 0.482 e. The Morgan fingerprint density at radius 3 is 2.34 bits per heavy atom. The van der Waals surface area contributed by atoms with Crippen molar-refractivity contribution in [2.24, 2.45) is 5.92 Å². The number of hydrogen-bond acceptors (Lipinski definition) is 3. The quantitative estimate of drug-likeness (QED) is 0.320. The van der Waals surface area contributed by atoms with E-state index in [1.807, 2.05) is 68.4 Å². The second-order valence-corrected chi connectivity index (χ2v) is 10.0. The molecule has 3 rings (SSSR count). The molecule has 0 bridgehead atoms. The number of hydrogen-bond donors (Lipinski definition) is 1. The SMILES string of the molecule is CC(C)CNC(=O)[C@@H](Cc1ccccc1)N(Cc1cccc(Br)c1)C(=O)COc1ccccc1Cl. The lowest BCUT2D eigenvalue weighted by atomic mass is 10.0. The molecular formula is C28H30BrClN2O3. The van der Waals surface area contributed by atoms with Gasteiger partial charge in [-0.25, -0.2) is 0 Å². The fraction of sp³-hybridized carbons (Fsp3) is 0.286. The number of nitrogens with zero attached hydrogens (tertiary/aromatic N) is 1. The zero-order valence-electron chi connectivity index (χ0n) is 19.9. The minimum Gasteiger partial charge on any atom is -0.482 e. The molecule has 0 aliphatic heterocycles. The third-order valence-corrected chi connectivity index (χ3v) is 6.19. The van der Waals surface area contributed by atoms with Gasteiger partial charge in [0.1, 0.15) is 11.8 Å². The van der Waals surface area contributed by atoms with Crippen LogP contribution >= 0.6 is 27.5 Å². The van der Waals surface area contributed by atoms with Gasteiger partial charge < -0.3 is 15.0 Å². The van der Waals surface area contributed by atoms with Gasteiger partial charge in [-0.1, -0.05) is 96.0 Å². The average molecular weight is 558 g/mol. The van der Waals surface area contributed by atoms with Crippen molar-refractivity contribution in [1.82, 2.24) is 10.2 Å². The maximum Gasteiger partial charge on any atom is 0.261 e. The summed E-state index contributed by atoms with van der Waals surface area (Å²) in [6.45, 7) is 4.62. The van der Waals surface area contributed by atoms with E-state index < -0.39 is 6.04 Å². The van der Waals surface area contributed by atoms with Crippen LogP contribution in [-0.2, 0) is 22.6 Å². The van der Waals surface area contributed by atoms with Crippen LogP contribution in [0.2, 0.25) is 5.02 Å². The molecule has 0 heterocycles. The summed E-state index contributed by atoms with van der Waals surface area (Å²) in [4.78, 5) is 28.6. The van der Waals surface area contributed by atoms with Crippen LogP contribution < -0.4 is 10.1 Å². The Hall–Kier alpha value is -2.83. The number of carbonyl (C=O) groups excluding carboxylic acids is 2. The van der Waals surface area contributed by atoms with Crippen molar-refractivity contribution in [3.05, 3.63) is 99.5 Å². The average Bonchev–Trinajstić information content (AvgIpc) is 2.84. The van der Waals surface area contributed by atoms with Gasteiger partial charge >= 0.3 is 0 Å². The third-order valence-electron chi connectivity index (χ3n) is 5.39. The first-order chi connectivity index (χ1) is 16.8. The molecule has 1 N–H and O–H groups in total. The Kier molecular flexibility index (Phi) is 10.2. The van der Waals surface area contributed by atoms with E-state index in [0.717, 1.165) is 15.6 Å². The Bertz CT molecular complexity index is 1120. The van der Waals surface area contributed by atoms with Crippen molar-refractivity contribution in [3.8, 4) is 5.75 Å². The molecule has 0 aliphatic rings. The van der Waals surface area contributed by atoms with E-state index in [0.29, 0.717) is 23.7 Å².